The third-order valence-electron chi connectivity index (χ3n) is 5.97. The summed E-state index contributed by atoms with van der Waals surface area (Å²) in [5.41, 5.74) is 8.60. The summed E-state index contributed by atoms with van der Waals surface area (Å²) in [6, 6.07) is 6.85. The van der Waals surface area contributed by atoms with Crippen LogP contribution in [0.2, 0.25) is 0 Å². The van der Waals surface area contributed by atoms with E-state index in [1.807, 2.05) is 25.1 Å². The fourth-order valence-corrected chi connectivity index (χ4v) is 4.40. The van der Waals surface area contributed by atoms with Gasteiger partial charge in [0.25, 0.3) is 0 Å². The van der Waals surface area contributed by atoms with Crippen LogP contribution in [0.4, 0.5) is 16.6 Å². The fourth-order valence-electron chi connectivity index (χ4n) is 4.40. The lowest BCUT2D eigenvalue weighted by Gasteiger charge is -2.27. The van der Waals surface area contributed by atoms with Crippen LogP contribution in [0.5, 0.6) is 5.75 Å². The van der Waals surface area contributed by atoms with Crippen molar-refractivity contribution in [3.05, 3.63) is 41.1 Å². The summed E-state index contributed by atoms with van der Waals surface area (Å²) < 4.78 is 5.65. The van der Waals surface area contributed by atoms with Crippen molar-refractivity contribution in [3.63, 3.8) is 0 Å². The lowest BCUT2D eigenvalue weighted by Crippen LogP contribution is -2.36. The van der Waals surface area contributed by atoms with Crippen LogP contribution in [0.25, 0.3) is 0 Å². The Morgan fingerprint density at radius 1 is 1.30 bits per heavy atom. The molecule has 4 N–H and O–H groups in total. The van der Waals surface area contributed by atoms with Gasteiger partial charge in [-0.2, -0.15) is 4.98 Å². The number of aliphatic carboxylic acids is 1. The molecule has 2 aliphatic heterocycles. The smallest absolute Gasteiger partial charge is 0.320 e. The largest absolute Gasteiger partial charge is 0.493 e. The van der Waals surface area contributed by atoms with Crippen molar-refractivity contribution in [1.82, 2.24) is 19.8 Å². The number of nitrogen functional groups attached to an aromatic ring is 1. The number of nitrogens with two attached hydrogens (primary N) is 1. The first-order valence-corrected chi connectivity index (χ1v) is 11.3. The Hall–Kier alpha value is -3.56. The number of hydrogen-bond acceptors (Lipinski definition) is 7. The van der Waals surface area contributed by atoms with Gasteiger partial charge in [-0.15, -0.1) is 0 Å². The molecule has 3 heterocycles. The Bertz CT molecular complexity index is 1030. The van der Waals surface area contributed by atoms with Crippen LogP contribution in [0.1, 0.15) is 42.6 Å². The number of nitrogens with one attached hydrogen (secondary N) is 1. The molecule has 2 amide bonds. The van der Waals surface area contributed by atoms with E-state index in [0.29, 0.717) is 51.0 Å². The minimum atomic E-state index is -0.939. The molecule has 0 unspecified atom stereocenters. The Morgan fingerprint density at radius 2 is 2.15 bits per heavy atom. The second-order valence-corrected chi connectivity index (χ2v) is 8.28. The molecule has 1 fully saturated rings. The summed E-state index contributed by atoms with van der Waals surface area (Å²) in [4.78, 5) is 36.8. The van der Waals surface area contributed by atoms with Crippen LogP contribution < -0.4 is 15.8 Å². The summed E-state index contributed by atoms with van der Waals surface area (Å²) in [5.74, 6) is 0.762. The van der Waals surface area contributed by atoms with Gasteiger partial charge < -0.3 is 30.7 Å². The van der Waals surface area contributed by atoms with E-state index in [4.69, 9.17) is 10.5 Å². The lowest BCUT2D eigenvalue weighted by atomic mass is 10.00. The highest BCUT2D eigenvalue weighted by Gasteiger charge is 2.35. The number of benzene rings is 1. The number of carbonyl (C=O) groups excluding carboxylic acids is 1. The van der Waals surface area contributed by atoms with Gasteiger partial charge in [-0.1, -0.05) is 12.1 Å². The Morgan fingerprint density at radius 3 is 2.94 bits per heavy atom. The Balaban J connectivity index is 1.40. The van der Waals surface area contributed by atoms with Gasteiger partial charge in [0, 0.05) is 44.4 Å². The quantitative estimate of drug-likeness (QED) is 0.498. The molecule has 0 spiro atoms. The highest BCUT2D eigenvalue weighted by molar-refractivity contribution is 5.78. The minimum absolute atomic E-state index is 0.141. The van der Waals surface area contributed by atoms with Crippen LogP contribution in [0, 0.1) is 0 Å². The SMILES string of the molecule is CCNc1nc(N)cc(CCCN2CCN([C@@H](CC(=O)O)c3ccc4c(c3)OCC4)C2=O)n1. The number of fused-ring (bicyclic) bond motifs is 1. The van der Waals surface area contributed by atoms with Crippen molar-refractivity contribution >= 4 is 23.8 Å². The zero-order valence-corrected chi connectivity index (χ0v) is 18.8. The molecule has 1 saturated heterocycles. The average Bonchev–Trinajstić information content (AvgIpc) is 3.38. The monoisotopic (exact) mass is 454 g/mol. The van der Waals surface area contributed by atoms with E-state index in [2.05, 4.69) is 15.3 Å². The van der Waals surface area contributed by atoms with Gasteiger partial charge in [0.2, 0.25) is 5.95 Å². The van der Waals surface area contributed by atoms with E-state index in [-0.39, 0.29) is 12.5 Å². The van der Waals surface area contributed by atoms with E-state index in [1.54, 1.807) is 15.9 Å². The van der Waals surface area contributed by atoms with E-state index in [9.17, 15) is 14.7 Å². The first-order valence-electron chi connectivity index (χ1n) is 11.3. The second kappa shape index (κ2) is 9.93. The van der Waals surface area contributed by atoms with Gasteiger partial charge in [0.15, 0.2) is 0 Å². The van der Waals surface area contributed by atoms with Crippen LogP contribution >= 0.6 is 0 Å². The number of carbonyl (C=O) groups is 2. The predicted octanol–water partition coefficient (Wildman–Crippen LogP) is 2.31. The molecule has 1 aromatic carbocycles. The van der Waals surface area contributed by atoms with Gasteiger partial charge in [0.05, 0.1) is 19.1 Å². The molecule has 10 heteroatoms. The number of carboxylic acid groups (broad SMARTS) is 1. The van der Waals surface area contributed by atoms with Crippen LogP contribution in [-0.4, -0.2) is 69.7 Å². The van der Waals surface area contributed by atoms with Gasteiger partial charge in [-0.25, -0.2) is 9.78 Å². The molecule has 1 atom stereocenters. The number of nitrogens with zero attached hydrogens (tertiary/aromatic N) is 4. The summed E-state index contributed by atoms with van der Waals surface area (Å²) in [5, 5.41) is 12.6. The molecule has 0 bridgehead atoms. The molecule has 0 aliphatic carbocycles. The number of carboxylic acids is 1. The van der Waals surface area contributed by atoms with Gasteiger partial charge in [0.1, 0.15) is 11.6 Å². The van der Waals surface area contributed by atoms with Gasteiger partial charge in [-0.3, -0.25) is 4.79 Å². The summed E-state index contributed by atoms with van der Waals surface area (Å²) in [6.07, 6.45) is 2.09. The molecular formula is C23H30N6O4. The number of hydrogen-bond donors (Lipinski definition) is 3. The van der Waals surface area contributed by atoms with E-state index >= 15 is 0 Å². The molecule has 176 valence electrons. The van der Waals surface area contributed by atoms with E-state index < -0.39 is 12.0 Å². The minimum Gasteiger partial charge on any atom is -0.493 e. The third-order valence-corrected chi connectivity index (χ3v) is 5.97. The molecule has 33 heavy (non-hydrogen) atoms. The third kappa shape index (κ3) is 5.27. The molecule has 0 saturated carbocycles. The van der Waals surface area contributed by atoms with Crippen molar-refractivity contribution in [2.75, 3.05) is 43.8 Å². The molecule has 0 radical (unpaired) electrons. The number of urea groups is 1. The topological polar surface area (TPSA) is 134 Å². The zero-order chi connectivity index (χ0) is 23.4. The maximum absolute atomic E-state index is 13.1. The number of aromatic nitrogens is 2. The maximum Gasteiger partial charge on any atom is 0.320 e. The Labute approximate surface area is 192 Å². The standard InChI is InChI=1S/C23H30N6O4/c1-2-25-22-26-17(13-20(24)27-22)4-3-8-28-9-10-29(23(28)32)18(14-21(30)31)16-6-5-15-7-11-33-19(15)12-16/h5-6,12-13,18H,2-4,7-11,14H2,1H3,(H,30,31)(H3,24,25,26,27)/t18-/m0/s1. The number of rotatable bonds is 10. The molecule has 2 aliphatic rings. The fraction of sp³-hybridized carbons (Fsp3) is 0.478. The average molecular weight is 455 g/mol. The van der Waals surface area contributed by atoms with Gasteiger partial charge in [-0.05, 0) is 37.0 Å². The van der Waals surface area contributed by atoms with Crippen molar-refractivity contribution < 1.29 is 19.4 Å². The Kier molecular flexibility index (Phi) is 6.81. The van der Waals surface area contributed by atoms with E-state index in [1.165, 1.54) is 0 Å². The van der Waals surface area contributed by atoms with Crippen LogP contribution in [-0.2, 0) is 17.6 Å². The van der Waals surface area contributed by atoms with E-state index in [0.717, 1.165) is 35.4 Å². The summed E-state index contributed by atoms with van der Waals surface area (Å²) in [6.45, 7) is 4.90. The highest BCUT2D eigenvalue weighted by atomic mass is 16.5. The molecule has 10 nitrogen and oxygen atoms in total. The normalized spacial score (nSPS) is 16.0. The van der Waals surface area contributed by atoms with Gasteiger partial charge >= 0.3 is 12.0 Å². The summed E-state index contributed by atoms with van der Waals surface area (Å²) in [7, 11) is 0. The van der Waals surface area contributed by atoms with Crippen molar-refractivity contribution in [2.45, 2.75) is 38.6 Å². The molecule has 4 rings (SSSR count). The van der Waals surface area contributed by atoms with Crippen LogP contribution in [0.15, 0.2) is 24.3 Å². The van der Waals surface area contributed by atoms with Crippen molar-refractivity contribution in [2.24, 2.45) is 0 Å². The maximum atomic E-state index is 13.1. The van der Waals surface area contributed by atoms with Crippen LogP contribution in [0.3, 0.4) is 0 Å². The first-order chi connectivity index (χ1) is 15.9. The number of anilines is 2. The highest BCUT2D eigenvalue weighted by Crippen LogP contribution is 2.34. The number of ether oxygens (including phenoxy) is 1. The first kappa shape index (κ1) is 22.6. The lowest BCUT2D eigenvalue weighted by molar-refractivity contribution is -0.138. The zero-order valence-electron chi connectivity index (χ0n) is 18.8. The molecule has 1 aromatic heterocycles. The molecule has 2 aromatic rings. The summed E-state index contributed by atoms with van der Waals surface area (Å²) >= 11 is 0. The van der Waals surface area contributed by atoms with Crippen molar-refractivity contribution in [1.29, 1.82) is 0 Å². The molecular weight excluding hydrogens is 424 g/mol. The van der Waals surface area contributed by atoms with Crippen molar-refractivity contribution in [3.8, 4) is 5.75 Å². The number of aryl methyl sites for hydroxylation is 1. The number of amides is 2. The second-order valence-electron chi connectivity index (χ2n) is 8.28. The predicted molar refractivity (Wildman–Crippen MR) is 123 cm³/mol.